The molecule has 0 spiro atoms. The predicted molar refractivity (Wildman–Crippen MR) is 111 cm³/mol. The molecular weight excluding hydrogens is 356 g/mol. The highest BCUT2D eigenvalue weighted by molar-refractivity contribution is 6.37. The molecule has 4 nitrogen and oxygen atoms in total. The number of aromatic nitrogens is 3. The van der Waals surface area contributed by atoms with Crippen molar-refractivity contribution >= 4 is 39.4 Å². The smallest absolute Gasteiger partial charge is 0.156 e. The Labute approximate surface area is 163 Å². The lowest BCUT2D eigenvalue weighted by Crippen LogP contribution is -2.35. The lowest BCUT2D eigenvalue weighted by molar-refractivity contribution is 0.402. The summed E-state index contributed by atoms with van der Waals surface area (Å²) in [6, 6.07) is 16.7. The van der Waals surface area contributed by atoms with Gasteiger partial charge in [0.1, 0.15) is 17.4 Å². The summed E-state index contributed by atoms with van der Waals surface area (Å²) in [5.74, 6) is 1.73. The van der Waals surface area contributed by atoms with E-state index in [4.69, 9.17) is 11.6 Å². The van der Waals surface area contributed by atoms with E-state index >= 15 is 0 Å². The maximum absolute atomic E-state index is 6.42. The summed E-state index contributed by atoms with van der Waals surface area (Å²) in [5, 5.41) is 1.71. The van der Waals surface area contributed by atoms with Gasteiger partial charge in [-0.15, -0.1) is 0 Å². The molecular formula is C22H21ClN4. The molecule has 136 valence electrons. The first kappa shape index (κ1) is 16.6. The fourth-order valence-electron chi connectivity index (χ4n) is 4.22. The lowest BCUT2D eigenvalue weighted by atomic mass is 9.90. The summed E-state index contributed by atoms with van der Waals surface area (Å²) in [4.78, 5) is 15.0. The molecule has 1 aliphatic heterocycles. The van der Waals surface area contributed by atoms with Crippen molar-refractivity contribution in [1.29, 1.82) is 0 Å². The summed E-state index contributed by atoms with van der Waals surface area (Å²) >= 11 is 6.42. The van der Waals surface area contributed by atoms with Crippen LogP contribution in [0, 0.1) is 5.92 Å². The second-order valence-electron chi connectivity index (χ2n) is 7.33. The van der Waals surface area contributed by atoms with Gasteiger partial charge < -0.3 is 9.88 Å². The number of nitrogens with one attached hydrogen (secondary N) is 1. The monoisotopic (exact) mass is 376 g/mol. The van der Waals surface area contributed by atoms with Crippen LogP contribution in [0.4, 0.5) is 5.82 Å². The molecule has 4 aromatic rings. The summed E-state index contributed by atoms with van der Waals surface area (Å²) in [7, 11) is 0. The Hall–Kier alpha value is -2.59. The van der Waals surface area contributed by atoms with Crippen molar-refractivity contribution in [2.24, 2.45) is 5.92 Å². The summed E-state index contributed by atoms with van der Waals surface area (Å²) < 4.78 is 0. The van der Waals surface area contributed by atoms with Gasteiger partial charge in [0, 0.05) is 24.0 Å². The Kier molecular flexibility index (Phi) is 4.21. The number of hydrogen-bond acceptors (Lipinski definition) is 3. The number of fused-ring (bicyclic) bond motifs is 3. The number of rotatable bonds is 3. The van der Waals surface area contributed by atoms with Gasteiger partial charge >= 0.3 is 0 Å². The van der Waals surface area contributed by atoms with E-state index < -0.39 is 0 Å². The molecule has 1 fully saturated rings. The van der Waals surface area contributed by atoms with Crippen LogP contribution in [0.15, 0.2) is 54.9 Å². The number of H-pyrrole nitrogens is 1. The van der Waals surface area contributed by atoms with Crippen molar-refractivity contribution in [3.63, 3.8) is 0 Å². The van der Waals surface area contributed by atoms with Crippen LogP contribution in [0.2, 0.25) is 5.02 Å². The first-order valence-corrected chi connectivity index (χ1v) is 9.87. The van der Waals surface area contributed by atoms with Crippen LogP contribution >= 0.6 is 11.6 Å². The minimum atomic E-state index is 0.727. The van der Waals surface area contributed by atoms with Crippen molar-refractivity contribution in [3.8, 4) is 0 Å². The van der Waals surface area contributed by atoms with Gasteiger partial charge in [-0.05, 0) is 42.9 Å². The van der Waals surface area contributed by atoms with E-state index in [1.54, 1.807) is 6.33 Å². The van der Waals surface area contributed by atoms with Crippen LogP contribution in [-0.2, 0) is 6.42 Å². The van der Waals surface area contributed by atoms with Crippen molar-refractivity contribution in [2.45, 2.75) is 19.3 Å². The summed E-state index contributed by atoms with van der Waals surface area (Å²) in [5.41, 5.74) is 4.35. The Morgan fingerprint density at radius 2 is 1.81 bits per heavy atom. The number of piperidine rings is 1. The van der Waals surface area contributed by atoms with Gasteiger partial charge in [0.25, 0.3) is 0 Å². The second kappa shape index (κ2) is 6.86. The molecule has 0 saturated carbocycles. The number of anilines is 1. The standard InChI is InChI=1S/C22H21ClN4/c23-17-7-4-8-18-19(17)20-21(26-18)22(25-14-24-20)27-11-9-16(10-12-27)13-15-5-2-1-3-6-15/h1-8,14,16,26H,9-13H2. The Balaban J connectivity index is 1.40. The third kappa shape index (κ3) is 3.04. The molecule has 0 aliphatic carbocycles. The van der Waals surface area contributed by atoms with E-state index in [0.29, 0.717) is 0 Å². The SMILES string of the molecule is Clc1cccc2[nH]c3c(N4CCC(Cc5ccccc5)CC4)ncnc3c12. The number of aromatic amines is 1. The minimum absolute atomic E-state index is 0.727. The Morgan fingerprint density at radius 3 is 2.63 bits per heavy atom. The zero-order valence-electron chi connectivity index (χ0n) is 15.0. The van der Waals surface area contributed by atoms with Gasteiger partial charge in [0.2, 0.25) is 0 Å². The number of halogens is 1. The second-order valence-corrected chi connectivity index (χ2v) is 7.74. The van der Waals surface area contributed by atoms with Gasteiger partial charge in [-0.3, -0.25) is 0 Å². The highest BCUT2D eigenvalue weighted by Gasteiger charge is 2.23. The molecule has 1 N–H and O–H groups in total. The highest BCUT2D eigenvalue weighted by Crippen LogP contribution is 2.34. The number of benzene rings is 2. The molecule has 0 radical (unpaired) electrons. The molecule has 0 amide bonds. The van der Waals surface area contributed by atoms with Crippen molar-refractivity contribution < 1.29 is 0 Å². The molecule has 2 aromatic carbocycles. The summed E-state index contributed by atoms with van der Waals surface area (Å²) in [6.07, 6.45) is 5.18. The van der Waals surface area contributed by atoms with E-state index in [0.717, 1.165) is 58.2 Å². The van der Waals surface area contributed by atoms with E-state index in [1.165, 1.54) is 18.4 Å². The topological polar surface area (TPSA) is 44.8 Å². The Morgan fingerprint density at radius 1 is 1.00 bits per heavy atom. The molecule has 0 atom stereocenters. The average molecular weight is 377 g/mol. The van der Waals surface area contributed by atoms with Gasteiger partial charge in [-0.25, -0.2) is 9.97 Å². The molecule has 1 aliphatic rings. The Bertz CT molecular complexity index is 1080. The van der Waals surface area contributed by atoms with Crippen molar-refractivity contribution in [1.82, 2.24) is 15.0 Å². The third-order valence-corrected chi connectivity index (χ3v) is 5.93. The van der Waals surface area contributed by atoms with Crippen molar-refractivity contribution in [2.75, 3.05) is 18.0 Å². The maximum Gasteiger partial charge on any atom is 0.156 e. The number of hydrogen-bond donors (Lipinski definition) is 1. The van der Waals surface area contributed by atoms with E-state index in [9.17, 15) is 0 Å². The molecule has 1 saturated heterocycles. The van der Waals surface area contributed by atoms with E-state index in [-0.39, 0.29) is 0 Å². The maximum atomic E-state index is 6.42. The molecule has 5 heteroatoms. The molecule has 0 unspecified atom stereocenters. The predicted octanol–water partition coefficient (Wildman–Crippen LogP) is 5.22. The van der Waals surface area contributed by atoms with Crippen LogP contribution in [-0.4, -0.2) is 28.0 Å². The van der Waals surface area contributed by atoms with Gasteiger partial charge in [0.05, 0.1) is 5.02 Å². The zero-order valence-corrected chi connectivity index (χ0v) is 15.8. The van der Waals surface area contributed by atoms with Crippen LogP contribution in [0.1, 0.15) is 18.4 Å². The number of nitrogens with zero attached hydrogens (tertiary/aromatic N) is 3. The fourth-order valence-corrected chi connectivity index (χ4v) is 4.48. The normalized spacial score (nSPS) is 15.7. The first-order valence-electron chi connectivity index (χ1n) is 9.49. The van der Waals surface area contributed by atoms with Crippen LogP contribution < -0.4 is 4.90 Å². The quantitative estimate of drug-likeness (QED) is 0.533. The first-order chi connectivity index (χ1) is 13.3. The lowest BCUT2D eigenvalue weighted by Gasteiger charge is -2.33. The summed E-state index contributed by atoms with van der Waals surface area (Å²) in [6.45, 7) is 2.04. The minimum Gasteiger partial charge on any atom is -0.355 e. The zero-order chi connectivity index (χ0) is 18.2. The largest absolute Gasteiger partial charge is 0.355 e. The van der Waals surface area contributed by atoms with Crippen LogP contribution in [0.25, 0.3) is 21.9 Å². The van der Waals surface area contributed by atoms with E-state index in [2.05, 4.69) is 50.2 Å². The highest BCUT2D eigenvalue weighted by atomic mass is 35.5. The van der Waals surface area contributed by atoms with Gasteiger partial charge in [-0.1, -0.05) is 48.0 Å². The molecule has 27 heavy (non-hydrogen) atoms. The molecule has 3 heterocycles. The van der Waals surface area contributed by atoms with Crippen molar-refractivity contribution in [3.05, 3.63) is 65.4 Å². The van der Waals surface area contributed by atoms with Gasteiger partial charge in [0.15, 0.2) is 5.82 Å². The third-order valence-electron chi connectivity index (χ3n) is 5.62. The van der Waals surface area contributed by atoms with E-state index in [1.807, 2.05) is 18.2 Å². The fraction of sp³-hybridized carbons (Fsp3) is 0.273. The van der Waals surface area contributed by atoms with Crippen LogP contribution in [0.3, 0.4) is 0 Å². The molecule has 2 aromatic heterocycles. The average Bonchev–Trinajstić information content (AvgIpc) is 3.09. The molecule has 5 rings (SSSR count). The van der Waals surface area contributed by atoms with Crippen LogP contribution in [0.5, 0.6) is 0 Å². The molecule has 0 bridgehead atoms. The van der Waals surface area contributed by atoms with Gasteiger partial charge in [-0.2, -0.15) is 0 Å².